The Labute approximate surface area is 111 Å². The Bertz CT molecular complexity index is 352. The first-order valence-electron chi connectivity index (χ1n) is 7.27. The fourth-order valence-electron chi connectivity index (χ4n) is 3.20. The molecule has 2 rings (SSSR count). The average Bonchev–Trinajstić information content (AvgIpc) is 2.96. The Kier molecular flexibility index (Phi) is 3.38. The molecule has 18 heavy (non-hydrogen) atoms. The number of hydrogen-bond donors (Lipinski definition) is 0. The van der Waals surface area contributed by atoms with Gasteiger partial charge in [-0.05, 0) is 56.9 Å². The van der Waals surface area contributed by atoms with Crippen LogP contribution in [0.4, 0.5) is 4.39 Å². The second kappa shape index (κ2) is 4.33. The molecule has 0 N–H and O–H groups in total. The van der Waals surface area contributed by atoms with Crippen molar-refractivity contribution in [2.24, 2.45) is 11.3 Å². The lowest BCUT2D eigenvalue weighted by atomic mass is 9.78. The van der Waals surface area contributed by atoms with Crippen LogP contribution in [0.2, 0.25) is 0 Å². The SMILES string of the molecule is CC(C)(C)C1C(F)=C(C2CC2)CCN1C(C)(C)C. The van der Waals surface area contributed by atoms with Crippen LogP contribution in [0.15, 0.2) is 11.4 Å². The maximum atomic E-state index is 14.9. The molecule has 1 nitrogen and oxygen atoms in total. The number of rotatable bonds is 1. The molecule has 1 aliphatic heterocycles. The fraction of sp³-hybridized carbons (Fsp3) is 0.875. The highest BCUT2D eigenvalue weighted by Crippen LogP contribution is 2.47. The summed E-state index contributed by atoms with van der Waals surface area (Å²) in [6, 6.07) is -0.0538. The van der Waals surface area contributed by atoms with Gasteiger partial charge in [0, 0.05) is 12.1 Å². The number of halogens is 1. The lowest BCUT2D eigenvalue weighted by Gasteiger charge is -2.49. The molecule has 0 bridgehead atoms. The van der Waals surface area contributed by atoms with Crippen molar-refractivity contribution in [3.8, 4) is 0 Å². The predicted molar refractivity (Wildman–Crippen MR) is 75.2 cm³/mol. The molecule has 0 spiro atoms. The Morgan fingerprint density at radius 1 is 1.06 bits per heavy atom. The van der Waals surface area contributed by atoms with Crippen LogP contribution >= 0.6 is 0 Å². The van der Waals surface area contributed by atoms with Gasteiger partial charge in [-0.2, -0.15) is 0 Å². The molecule has 0 aromatic carbocycles. The molecular formula is C16H28FN. The summed E-state index contributed by atoms with van der Waals surface area (Å²) in [5.41, 5.74) is 1.12. The molecule has 104 valence electrons. The number of nitrogens with zero attached hydrogens (tertiary/aromatic N) is 1. The standard InChI is InChI=1S/C16H28FN/c1-15(2,3)14-13(17)12(11-7-8-11)9-10-18(14)16(4,5)6/h11,14H,7-10H2,1-6H3. The van der Waals surface area contributed by atoms with E-state index in [0.717, 1.165) is 18.5 Å². The summed E-state index contributed by atoms with van der Waals surface area (Å²) >= 11 is 0. The van der Waals surface area contributed by atoms with E-state index in [2.05, 4.69) is 46.4 Å². The third-order valence-electron chi connectivity index (χ3n) is 4.23. The van der Waals surface area contributed by atoms with Gasteiger partial charge >= 0.3 is 0 Å². The zero-order valence-electron chi connectivity index (χ0n) is 12.8. The van der Waals surface area contributed by atoms with Crippen LogP contribution in [0.3, 0.4) is 0 Å². The van der Waals surface area contributed by atoms with Crippen molar-refractivity contribution < 1.29 is 4.39 Å². The van der Waals surface area contributed by atoms with Gasteiger partial charge in [-0.25, -0.2) is 4.39 Å². The highest BCUT2D eigenvalue weighted by atomic mass is 19.1. The molecule has 0 amide bonds. The molecule has 1 saturated carbocycles. The summed E-state index contributed by atoms with van der Waals surface area (Å²) in [7, 11) is 0. The maximum Gasteiger partial charge on any atom is 0.117 e. The molecule has 1 unspecified atom stereocenters. The summed E-state index contributed by atoms with van der Waals surface area (Å²) in [6.07, 6.45) is 3.34. The van der Waals surface area contributed by atoms with E-state index in [1.807, 2.05) is 0 Å². The van der Waals surface area contributed by atoms with Crippen molar-refractivity contribution in [1.29, 1.82) is 0 Å². The molecule has 2 aliphatic rings. The summed E-state index contributed by atoms with van der Waals surface area (Å²) in [5, 5.41) is 0. The van der Waals surface area contributed by atoms with Gasteiger partial charge in [0.1, 0.15) is 5.83 Å². The molecular weight excluding hydrogens is 225 g/mol. The molecule has 1 fully saturated rings. The van der Waals surface area contributed by atoms with Crippen LogP contribution < -0.4 is 0 Å². The summed E-state index contributed by atoms with van der Waals surface area (Å²) in [5.74, 6) is 0.753. The highest BCUT2D eigenvalue weighted by molar-refractivity contribution is 5.26. The van der Waals surface area contributed by atoms with Crippen LogP contribution in [0.5, 0.6) is 0 Å². The smallest absolute Gasteiger partial charge is 0.117 e. The molecule has 1 aliphatic carbocycles. The third kappa shape index (κ3) is 2.64. The minimum atomic E-state index is -0.0538. The van der Waals surface area contributed by atoms with Gasteiger partial charge in [-0.3, -0.25) is 4.90 Å². The van der Waals surface area contributed by atoms with Crippen molar-refractivity contribution in [2.45, 2.75) is 72.4 Å². The second-order valence-electron chi connectivity index (χ2n) is 8.03. The molecule has 0 saturated heterocycles. The first-order chi connectivity index (χ1) is 8.12. The van der Waals surface area contributed by atoms with Crippen molar-refractivity contribution in [3.63, 3.8) is 0 Å². The van der Waals surface area contributed by atoms with Gasteiger partial charge in [-0.15, -0.1) is 0 Å². The Hall–Kier alpha value is -0.370. The quantitative estimate of drug-likeness (QED) is 0.663. The van der Waals surface area contributed by atoms with Gasteiger partial charge in [0.2, 0.25) is 0 Å². The van der Waals surface area contributed by atoms with E-state index in [9.17, 15) is 4.39 Å². The third-order valence-corrected chi connectivity index (χ3v) is 4.23. The van der Waals surface area contributed by atoms with E-state index in [1.54, 1.807) is 0 Å². The zero-order valence-corrected chi connectivity index (χ0v) is 12.8. The molecule has 2 heteroatoms. The first kappa shape index (κ1) is 14.0. The van der Waals surface area contributed by atoms with E-state index in [1.165, 1.54) is 12.8 Å². The van der Waals surface area contributed by atoms with Crippen LogP contribution in [-0.4, -0.2) is 23.0 Å². The first-order valence-corrected chi connectivity index (χ1v) is 7.27. The van der Waals surface area contributed by atoms with Crippen LogP contribution in [0.1, 0.15) is 60.8 Å². The molecule has 0 radical (unpaired) electrons. The van der Waals surface area contributed by atoms with Gasteiger partial charge in [0.25, 0.3) is 0 Å². The van der Waals surface area contributed by atoms with E-state index in [4.69, 9.17) is 0 Å². The largest absolute Gasteiger partial charge is 0.288 e. The summed E-state index contributed by atoms with van der Waals surface area (Å²) in [4.78, 5) is 2.36. The van der Waals surface area contributed by atoms with Crippen LogP contribution in [0, 0.1) is 11.3 Å². The van der Waals surface area contributed by atoms with Gasteiger partial charge in [0.05, 0.1) is 6.04 Å². The lowest BCUT2D eigenvalue weighted by molar-refractivity contribution is 0.0205. The summed E-state index contributed by atoms with van der Waals surface area (Å²) in [6.45, 7) is 14.1. The number of hydrogen-bond acceptors (Lipinski definition) is 1. The molecule has 1 heterocycles. The topological polar surface area (TPSA) is 3.24 Å². The molecule has 1 atom stereocenters. The maximum absolute atomic E-state index is 14.9. The normalized spacial score (nSPS) is 27.8. The lowest BCUT2D eigenvalue weighted by Crippen LogP contribution is -2.56. The van der Waals surface area contributed by atoms with Crippen molar-refractivity contribution in [2.75, 3.05) is 6.54 Å². The molecule has 0 aromatic heterocycles. The van der Waals surface area contributed by atoms with Crippen LogP contribution in [-0.2, 0) is 0 Å². The van der Waals surface area contributed by atoms with Gasteiger partial charge in [-0.1, -0.05) is 20.8 Å². The molecule has 0 aromatic rings. The van der Waals surface area contributed by atoms with Crippen molar-refractivity contribution in [1.82, 2.24) is 4.90 Å². The monoisotopic (exact) mass is 253 g/mol. The highest BCUT2D eigenvalue weighted by Gasteiger charge is 2.44. The Morgan fingerprint density at radius 3 is 2.00 bits per heavy atom. The Morgan fingerprint density at radius 2 is 1.61 bits per heavy atom. The summed E-state index contributed by atoms with van der Waals surface area (Å²) < 4.78 is 14.9. The second-order valence-corrected chi connectivity index (χ2v) is 8.03. The van der Waals surface area contributed by atoms with Crippen LogP contribution in [0.25, 0.3) is 0 Å². The zero-order chi connectivity index (χ0) is 13.7. The predicted octanol–water partition coefficient (Wildman–Crippen LogP) is 4.54. The minimum Gasteiger partial charge on any atom is -0.288 e. The van der Waals surface area contributed by atoms with Gasteiger partial charge in [0.15, 0.2) is 0 Å². The van der Waals surface area contributed by atoms with E-state index in [-0.39, 0.29) is 22.8 Å². The van der Waals surface area contributed by atoms with Crippen molar-refractivity contribution >= 4 is 0 Å². The van der Waals surface area contributed by atoms with E-state index < -0.39 is 0 Å². The van der Waals surface area contributed by atoms with E-state index in [0.29, 0.717) is 5.92 Å². The minimum absolute atomic E-state index is 0.0321. The Balaban J connectivity index is 2.37. The average molecular weight is 253 g/mol. The van der Waals surface area contributed by atoms with Crippen molar-refractivity contribution in [3.05, 3.63) is 11.4 Å². The fourth-order valence-corrected chi connectivity index (χ4v) is 3.20. The van der Waals surface area contributed by atoms with E-state index >= 15 is 0 Å². The van der Waals surface area contributed by atoms with Gasteiger partial charge < -0.3 is 0 Å².